The largest absolute Gasteiger partial charge is 0.419 e. The van der Waals surface area contributed by atoms with Crippen LogP contribution in [0, 0.1) is 5.92 Å². The Kier molecular flexibility index (Phi) is 3.04. The van der Waals surface area contributed by atoms with Crippen LogP contribution in [-0.4, -0.2) is 11.1 Å². The minimum Gasteiger partial charge on any atom is -0.408 e. The molecular formula is C12H17N3O2. The van der Waals surface area contributed by atoms with Crippen LogP contribution in [0.4, 0.5) is 0 Å². The molecule has 17 heavy (non-hydrogen) atoms. The molecule has 2 atom stereocenters. The molecule has 1 aromatic carbocycles. The van der Waals surface area contributed by atoms with E-state index in [2.05, 4.69) is 0 Å². The fraction of sp³-hybridized carbons (Fsp3) is 0.417. The number of rotatable bonds is 3. The molecule has 5 nitrogen and oxygen atoms in total. The van der Waals surface area contributed by atoms with Crippen molar-refractivity contribution >= 4 is 11.1 Å². The van der Waals surface area contributed by atoms with Crippen molar-refractivity contribution in [1.82, 2.24) is 4.57 Å². The lowest BCUT2D eigenvalue weighted by molar-refractivity contribution is 0.480. The minimum absolute atomic E-state index is 0.144. The van der Waals surface area contributed by atoms with Gasteiger partial charge in [0.2, 0.25) is 0 Å². The van der Waals surface area contributed by atoms with Gasteiger partial charge < -0.3 is 15.9 Å². The molecule has 2 unspecified atom stereocenters. The van der Waals surface area contributed by atoms with Gasteiger partial charge in [0.25, 0.3) is 0 Å². The van der Waals surface area contributed by atoms with Crippen molar-refractivity contribution in [2.24, 2.45) is 24.4 Å². The van der Waals surface area contributed by atoms with Crippen LogP contribution in [0.2, 0.25) is 0 Å². The summed E-state index contributed by atoms with van der Waals surface area (Å²) in [6.07, 6.45) is 0. The molecule has 0 radical (unpaired) electrons. The fourth-order valence-electron chi connectivity index (χ4n) is 1.83. The lowest BCUT2D eigenvalue weighted by atomic mass is 9.95. The van der Waals surface area contributed by atoms with E-state index in [1.807, 2.05) is 25.1 Å². The Bertz CT molecular complexity index is 585. The highest BCUT2D eigenvalue weighted by atomic mass is 16.4. The molecule has 1 aromatic heterocycles. The van der Waals surface area contributed by atoms with Gasteiger partial charge in [-0.25, -0.2) is 4.79 Å². The molecule has 4 N–H and O–H groups in total. The standard InChI is InChI=1S/C12H17N3O2/c1-7(6-13)11(14)8-3-4-9-10(5-8)17-12(16)15(9)2/h3-5,7,11H,6,13-14H2,1-2H3. The van der Waals surface area contributed by atoms with Crippen molar-refractivity contribution in [2.45, 2.75) is 13.0 Å². The monoisotopic (exact) mass is 235 g/mol. The summed E-state index contributed by atoms with van der Waals surface area (Å²) in [7, 11) is 1.68. The number of nitrogens with two attached hydrogens (primary N) is 2. The van der Waals surface area contributed by atoms with Gasteiger partial charge in [0.15, 0.2) is 5.58 Å². The number of benzene rings is 1. The summed E-state index contributed by atoms with van der Waals surface area (Å²) in [4.78, 5) is 11.4. The quantitative estimate of drug-likeness (QED) is 0.820. The van der Waals surface area contributed by atoms with Crippen LogP contribution < -0.4 is 17.2 Å². The number of aryl methyl sites for hydroxylation is 1. The van der Waals surface area contributed by atoms with E-state index in [1.165, 1.54) is 4.57 Å². The summed E-state index contributed by atoms with van der Waals surface area (Å²) in [5, 5.41) is 0. The molecule has 92 valence electrons. The third-order valence-electron chi connectivity index (χ3n) is 3.19. The first-order valence-corrected chi connectivity index (χ1v) is 5.59. The molecule has 5 heteroatoms. The molecule has 2 aromatic rings. The Morgan fingerprint density at radius 1 is 1.47 bits per heavy atom. The number of nitrogens with zero attached hydrogens (tertiary/aromatic N) is 1. The summed E-state index contributed by atoms with van der Waals surface area (Å²) in [6.45, 7) is 2.52. The highest BCUT2D eigenvalue weighted by molar-refractivity contribution is 5.73. The Balaban J connectivity index is 2.48. The molecule has 0 fully saturated rings. The second kappa shape index (κ2) is 4.35. The molecule has 0 bridgehead atoms. The average Bonchev–Trinajstić information content (AvgIpc) is 2.62. The SMILES string of the molecule is CC(CN)C(N)c1ccc2c(c1)oc(=O)n2C. The van der Waals surface area contributed by atoms with E-state index in [0.717, 1.165) is 11.1 Å². The van der Waals surface area contributed by atoms with Crippen molar-refractivity contribution in [1.29, 1.82) is 0 Å². The van der Waals surface area contributed by atoms with Crippen LogP contribution in [0.5, 0.6) is 0 Å². The minimum atomic E-state index is -0.363. The maximum absolute atomic E-state index is 11.4. The van der Waals surface area contributed by atoms with E-state index < -0.39 is 0 Å². The van der Waals surface area contributed by atoms with Gasteiger partial charge in [0.1, 0.15) is 0 Å². The van der Waals surface area contributed by atoms with Crippen LogP contribution in [-0.2, 0) is 7.05 Å². The first-order valence-electron chi connectivity index (χ1n) is 5.59. The average molecular weight is 235 g/mol. The van der Waals surface area contributed by atoms with Gasteiger partial charge in [0.05, 0.1) is 5.52 Å². The second-order valence-corrected chi connectivity index (χ2v) is 4.39. The maximum atomic E-state index is 11.4. The summed E-state index contributed by atoms with van der Waals surface area (Å²) in [5.74, 6) is -0.180. The van der Waals surface area contributed by atoms with Gasteiger partial charge in [-0.3, -0.25) is 4.57 Å². The topological polar surface area (TPSA) is 87.2 Å². The Morgan fingerprint density at radius 2 is 2.18 bits per heavy atom. The predicted molar refractivity (Wildman–Crippen MR) is 66.6 cm³/mol. The lowest BCUT2D eigenvalue weighted by Crippen LogP contribution is -2.25. The van der Waals surface area contributed by atoms with Gasteiger partial charge >= 0.3 is 5.76 Å². The van der Waals surface area contributed by atoms with Gasteiger partial charge in [-0.05, 0) is 30.2 Å². The Hall–Kier alpha value is -1.59. The lowest BCUT2D eigenvalue weighted by Gasteiger charge is -2.18. The number of hydrogen-bond acceptors (Lipinski definition) is 4. The molecule has 0 aliphatic heterocycles. The van der Waals surface area contributed by atoms with Crippen molar-refractivity contribution < 1.29 is 4.42 Å². The van der Waals surface area contributed by atoms with Crippen molar-refractivity contribution in [2.75, 3.05) is 6.54 Å². The van der Waals surface area contributed by atoms with Crippen LogP contribution in [0.15, 0.2) is 27.4 Å². The fourth-order valence-corrected chi connectivity index (χ4v) is 1.83. The zero-order valence-corrected chi connectivity index (χ0v) is 10.0. The Morgan fingerprint density at radius 3 is 2.82 bits per heavy atom. The van der Waals surface area contributed by atoms with E-state index in [4.69, 9.17) is 15.9 Å². The third kappa shape index (κ3) is 1.99. The maximum Gasteiger partial charge on any atom is 0.419 e. The molecule has 0 aliphatic carbocycles. The first-order chi connectivity index (χ1) is 8.04. The number of aromatic nitrogens is 1. The molecule has 2 rings (SSSR count). The zero-order valence-electron chi connectivity index (χ0n) is 10.0. The van der Waals surface area contributed by atoms with E-state index in [1.54, 1.807) is 7.05 Å². The summed E-state index contributed by atoms with van der Waals surface area (Å²) in [6, 6.07) is 5.43. The zero-order chi connectivity index (χ0) is 12.6. The molecule has 0 amide bonds. The van der Waals surface area contributed by atoms with E-state index in [0.29, 0.717) is 12.1 Å². The predicted octanol–water partition coefficient (Wildman–Crippen LogP) is 0.726. The normalized spacial score (nSPS) is 15.1. The van der Waals surface area contributed by atoms with E-state index in [-0.39, 0.29) is 17.7 Å². The number of hydrogen-bond donors (Lipinski definition) is 2. The molecule has 1 heterocycles. The van der Waals surface area contributed by atoms with E-state index >= 15 is 0 Å². The highest BCUT2D eigenvalue weighted by Gasteiger charge is 2.15. The van der Waals surface area contributed by atoms with Gasteiger partial charge in [-0.15, -0.1) is 0 Å². The summed E-state index contributed by atoms with van der Waals surface area (Å²) >= 11 is 0. The van der Waals surface area contributed by atoms with Crippen LogP contribution in [0.25, 0.3) is 11.1 Å². The third-order valence-corrected chi connectivity index (χ3v) is 3.19. The molecule has 0 saturated carbocycles. The second-order valence-electron chi connectivity index (χ2n) is 4.39. The summed E-state index contributed by atoms with van der Waals surface area (Å²) in [5.41, 5.74) is 13.9. The smallest absolute Gasteiger partial charge is 0.408 e. The number of oxazole rings is 1. The van der Waals surface area contributed by atoms with Crippen LogP contribution >= 0.6 is 0 Å². The van der Waals surface area contributed by atoms with Crippen molar-refractivity contribution in [3.05, 3.63) is 34.3 Å². The van der Waals surface area contributed by atoms with Crippen LogP contribution in [0.3, 0.4) is 0 Å². The first kappa shape index (κ1) is 11.9. The Labute approximate surface area is 99.0 Å². The summed E-state index contributed by atoms with van der Waals surface area (Å²) < 4.78 is 6.59. The molecular weight excluding hydrogens is 218 g/mol. The van der Waals surface area contributed by atoms with Crippen molar-refractivity contribution in [3.8, 4) is 0 Å². The number of fused-ring (bicyclic) bond motifs is 1. The molecule has 0 spiro atoms. The highest BCUT2D eigenvalue weighted by Crippen LogP contribution is 2.22. The van der Waals surface area contributed by atoms with Gasteiger partial charge in [-0.2, -0.15) is 0 Å². The van der Waals surface area contributed by atoms with Crippen LogP contribution in [0.1, 0.15) is 18.5 Å². The van der Waals surface area contributed by atoms with Crippen molar-refractivity contribution in [3.63, 3.8) is 0 Å². The molecule has 0 aliphatic rings. The van der Waals surface area contributed by atoms with E-state index in [9.17, 15) is 4.79 Å². The molecule has 0 saturated heterocycles. The van der Waals surface area contributed by atoms with Gasteiger partial charge in [0, 0.05) is 13.1 Å². The van der Waals surface area contributed by atoms with Gasteiger partial charge in [-0.1, -0.05) is 13.0 Å².